The lowest BCUT2D eigenvalue weighted by Crippen LogP contribution is -2.32. The number of hydrogen-bond donors (Lipinski definition) is 3. The first-order valence-electron chi connectivity index (χ1n) is 5.96. The molecule has 0 saturated heterocycles. The predicted molar refractivity (Wildman–Crippen MR) is 61.6 cm³/mol. The molecule has 0 aromatic carbocycles. The van der Waals surface area contributed by atoms with Crippen LogP contribution >= 0.6 is 0 Å². The maximum absolute atomic E-state index is 11.3. The van der Waals surface area contributed by atoms with Crippen molar-refractivity contribution in [1.29, 1.82) is 0 Å². The molecule has 0 spiro atoms. The molecule has 5 nitrogen and oxygen atoms in total. The summed E-state index contributed by atoms with van der Waals surface area (Å²) in [5, 5.41) is 5.49. The molecule has 5 heteroatoms. The second-order valence-electron chi connectivity index (χ2n) is 4.22. The van der Waals surface area contributed by atoms with Crippen molar-refractivity contribution in [2.24, 2.45) is 11.7 Å². The number of nitrogens with one attached hydrogen (secondary N) is 2. The third-order valence-corrected chi connectivity index (χ3v) is 2.62. The molecule has 1 aliphatic carbocycles. The quantitative estimate of drug-likeness (QED) is 0.535. The average Bonchev–Trinajstić information content (AvgIpc) is 3.02. The smallest absolute Gasteiger partial charge is 0.221 e. The molecule has 92 valence electrons. The minimum Gasteiger partial charge on any atom is -0.356 e. The topological polar surface area (TPSA) is 84.2 Å². The second-order valence-corrected chi connectivity index (χ2v) is 4.22. The fourth-order valence-electron chi connectivity index (χ4n) is 1.45. The molecule has 1 fully saturated rings. The number of rotatable bonds is 8. The van der Waals surface area contributed by atoms with E-state index in [2.05, 4.69) is 10.6 Å². The Balaban J connectivity index is 1.90. The standard InChI is InChI=1S/C11H21N3O2/c12-6-3-10(15)14-8-5-11(16)13-7-4-9-1-2-9/h9H,1-8,12H2,(H,13,16)(H,14,15). The van der Waals surface area contributed by atoms with Gasteiger partial charge in [-0.3, -0.25) is 9.59 Å². The van der Waals surface area contributed by atoms with E-state index in [4.69, 9.17) is 5.73 Å². The van der Waals surface area contributed by atoms with Crippen LogP contribution < -0.4 is 16.4 Å². The first-order valence-corrected chi connectivity index (χ1v) is 5.96. The highest BCUT2D eigenvalue weighted by molar-refractivity contribution is 5.78. The van der Waals surface area contributed by atoms with Crippen LogP contribution in [0.3, 0.4) is 0 Å². The van der Waals surface area contributed by atoms with E-state index in [1.54, 1.807) is 0 Å². The molecule has 1 rings (SSSR count). The minimum atomic E-state index is -0.0896. The zero-order chi connectivity index (χ0) is 11.8. The van der Waals surface area contributed by atoms with Crippen LogP contribution in [0.5, 0.6) is 0 Å². The van der Waals surface area contributed by atoms with Gasteiger partial charge in [-0.1, -0.05) is 12.8 Å². The van der Waals surface area contributed by atoms with E-state index in [0.717, 1.165) is 18.9 Å². The van der Waals surface area contributed by atoms with Gasteiger partial charge in [-0.15, -0.1) is 0 Å². The third kappa shape index (κ3) is 6.40. The van der Waals surface area contributed by atoms with Crippen molar-refractivity contribution in [1.82, 2.24) is 10.6 Å². The summed E-state index contributed by atoms with van der Waals surface area (Å²) in [6.07, 6.45) is 4.38. The summed E-state index contributed by atoms with van der Waals surface area (Å²) in [6, 6.07) is 0. The van der Waals surface area contributed by atoms with Crippen LogP contribution in [0.25, 0.3) is 0 Å². The summed E-state index contributed by atoms with van der Waals surface area (Å²) in [7, 11) is 0. The van der Waals surface area contributed by atoms with Crippen molar-refractivity contribution >= 4 is 11.8 Å². The molecule has 0 bridgehead atoms. The van der Waals surface area contributed by atoms with E-state index in [-0.39, 0.29) is 11.8 Å². The van der Waals surface area contributed by atoms with Crippen LogP contribution in [-0.4, -0.2) is 31.4 Å². The number of nitrogens with two attached hydrogens (primary N) is 1. The summed E-state index contributed by atoms with van der Waals surface area (Å²) in [6.45, 7) is 1.51. The number of carbonyl (C=O) groups is 2. The van der Waals surface area contributed by atoms with Crippen molar-refractivity contribution in [3.8, 4) is 0 Å². The normalized spacial score (nSPS) is 14.6. The molecule has 0 heterocycles. The van der Waals surface area contributed by atoms with Gasteiger partial charge < -0.3 is 16.4 Å². The zero-order valence-electron chi connectivity index (χ0n) is 9.63. The Morgan fingerprint density at radius 3 is 2.31 bits per heavy atom. The van der Waals surface area contributed by atoms with Gasteiger partial charge in [0, 0.05) is 32.5 Å². The van der Waals surface area contributed by atoms with Crippen molar-refractivity contribution < 1.29 is 9.59 Å². The monoisotopic (exact) mass is 227 g/mol. The van der Waals surface area contributed by atoms with E-state index in [0.29, 0.717) is 25.9 Å². The number of carbonyl (C=O) groups excluding carboxylic acids is 2. The van der Waals surface area contributed by atoms with E-state index in [9.17, 15) is 9.59 Å². The SMILES string of the molecule is NCCC(=O)NCCC(=O)NCCC1CC1. The van der Waals surface area contributed by atoms with Crippen LogP contribution in [0.4, 0.5) is 0 Å². The molecule has 0 aromatic rings. The lowest BCUT2D eigenvalue weighted by atomic mass is 10.3. The van der Waals surface area contributed by atoms with E-state index in [1.165, 1.54) is 12.8 Å². The van der Waals surface area contributed by atoms with Crippen molar-refractivity contribution in [3.63, 3.8) is 0 Å². The fraction of sp³-hybridized carbons (Fsp3) is 0.818. The highest BCUT2D eigenvalue weighted by Crippen LogP contribution is 2.31. The third-order valence-electron chi connectivity index (χ3n) is 2.62. The fourth-order valence-corrected chi connectivity index (χ4v) is 1.45. The molecule has 0 unspecified atom stereocenters. The molecule has 16 heavy (non-hydrogen) atoms. The lowest BCUT2D eigenvalue weighted by Gasteiger charge is -2.05. The van der Waals surface area contributed by atoms with Gasteiger partial charge >= 0.3 is 0 Å². The Kier molecular flexibility index (Phi) is 5.85. The minimum absolute atomic E-state index is 0.00805. The number of amides is 2. The van der Waals surface area contributed by atoms with Crippen molar-refractivity contribution in [3.05, 3.63) is 0 Å². The van der Waals surface area contributed by atoms with Gasteiger partial charge in [0.1, 0.15) is 0 Å². The average molecular weight is 227 g/mol. The van der Waals surface area contributed by atoms with E-state index in [1.807, 2.05) is 0 Å². The molecule has 4 N–H and O–H groups in total. The predicted octanol–water partition coefficient (Wildman–Crippen LogP) is -0.242. The van der Waals surface area contributed by atoms with Gasteiger partial charge in [-0.2, -0.15) is 0 Å². The van der Waals surface area contributed by atoms with E-state index < -0.39 is 0 Å². The van der Waals surface area contributed by atoms with Gasteiger partial charge in [-0.25, -0.2) is 0 Å². The van der Waals surface area contributed by atoms with E-state index >= 15 is 0 Å². The molecule has 0 aromatic heterocycles. The van der Waals surface area contributed by atoms with Crippen LogP contribution in [0.15, 0.2) is 0 Å². The van der Waals surface area contributed by atoms with Gasteiger partial charge in [-0.05, 0) is 12.3 Å². The summed E-state index contributed by atoms with van der Waals surface area (Å²) in [4.78, 5) is 22.3. The lowest BCUT2D eigenvalue weighted by molar-refractivity contribution is -0.122. The van der Waals surface area contributed by atoms with Crippen LogP contribution in [0, 0.1) is 5.92 Å². The van der Waals surface area contributed by atoms with Crippen LogP contribution in [0.2, 0.25) is 0 Å². The van der Waals surface area contributed by atoms with Crippen LogP contribution in [-0.2, 0) is 9.59 Å². The van der Waals surface area contributed by atoms with Gasteiger partial charge in [0.25, 0.3) is 0 Å². The molecule has 0 aliphatic heterocycles. The Morgan fingerprint density at radius 2 is 1.69 bits per heavy atom. The molecule has 1 saturated carbocycles. The van der Waals surface area contributed by atoms with Crippen molar-refractivity contribution in [2.45, 2.75) is 32.1 Å². The summed E-state index contributed by atoms with van der Waals surface area (Å²) in [5.41, 5.74) is 5.22. The Morgan fingerprint density at radius 1 is 1.06 bits per heavy atom. The van der Waals surface area contributed by atoms with Crippen LogP contribution in [0.1, 0.15) is 32.1 Å². The molecule has 0 radical (unpaired) electrons. The maximum Gasteiger partial charge on any atom is 0.221 e. The Labute approximate surface area is 96.1 Å². The first-order chi connectivity index (χ1) is 7.72. The largest absolute Gasteiger partial charge is 0.356 e. The second kappa shape index (κ2) is 7.22. The molecular weight excluding hydrogens is 206 g/mol. The summed E-state index contributed by atoms with van der Waals surface area (Å²) >= 11 is 0. The zero-order valence-corrected chi connectivity index (χ0v) is 9.63. The van der Waals surface area contributed by atoms with Crippen molar-refractivity contribution in [2.75, 3.05) is 19.6 Å². The summed E-state index contributed by atoms with van der Waals surface area (Å²) in [5.74, 6) is 0.756. The summed E-state index contributed by atoms with van der Waals surface area (Å²) < 4.78 is 0. The number of hydrogen-bond acceptors (Lipinski definition) is 3. The highest BCUT2D eigenvalue weighted by atomic mass is 16.2. The van der Waals surface area contributed by atoms with Gasteiger partial charge in [0.15, 0.2) is 0 Å². The molecule has 0 atom stereocenters. The molecule has 1 aliphatic rings. The molecule has 2 amide bonds. The Hall–Kier alpha value is -1.10. The van der Waals surface area contributed by atoms with Gasteiger partial charge in [0.05, 0.1) is 0 Å². The van der Waals surface area contributed by atoms with Gasteiger partial charge in [0.2, 0.25) is 11.8 Å². The highest BCUT2D eigenvalue weighted by Gasteiger charge is 2.20. The Bertz CT molecular complexity index is 239. The first kappa shape index (κ1) is 13.0. The molecular formula is C11H21N3O2. The maximum atomic E-state index is 11.3.